The fraction of sp³-hybridized carbons (Fsp3) is 0.300. The topological polar surface area (TPSA) is 81.4 Å². The summed E-state index contributed by atoms with van der Waals surface area (Å²) < 4.78 is 4.82. The SMILES string of the molecule is COC(=O)C(CCSC)NC(=O)c1ccc(CN)cc1-c1ccccc1. The quantitative estimate of drug-likeness (QED) is 0.697. The number of esters is 1. The number of methoxy groups -OCH3 is 1. The summed E-state index contributed by atoms with van der Waals surface area (Å²) in [6.45, 7) is 0.389. The Bertz CT molecular complexity index is 750. The van der Waals surface area contributed by atoms with Gasteiger partial charge in [-0.3, -0.25) is 4.79 Å². The maximum atomic E-state index is 12.9. The standard InChI is InChI=1S/C20H24N2O3S/c1-25-20(24)18(10-11-26-2)22-19(23)16-9-8-14(13-21)12-17(16)15-6-4-3-5-7-15/h3-9,12,18H,10-11,13,21H2,1-2H3,(H,22,23). The summed E-state index contributed by atoms with van der Waals surface area (Å²) in [7, 11) is 1.33. The lowest BCUT2D eigenvalue weighted by Gasteiger charge is -2.18. The molecule has 0 fully saturated rings. The monoisotopic (exact) mass is 372 g/mol. The molecule has 0 saturated carbocycles. The minimum absolute atomic E-state index is 0.302. The molecule has 0 aliphatic rings. The van der Waals surface area contributed by atoms with Gasteiger partial charge < -0.3 is 15.8 Å². The number of hydrogen-bond acceptors (Lipinski definition) is 5. The van der Waals surface area contributed by atoms with Crippen LogP contribution in [-0.4, -0.2) is 37.0 Å². The molecule has 6 heteroatoms. The number of carbonyl (C=O) groups excluding carboxylic acids is 2. The number of amides is 1. The molecule has 2 rings (SSSR count). The van der Waals surface area contributed by atoms with Crippen LogP contribution >= 0.6 is 11.8 Å². The summed E-state index contributed by atoms with van der Waals surface area (Å²) >= 11 is 1.61. The van der Waals surface area contributed by atoms with E-state index in [2.05, 4.69) is 5.32 Å². The number of nitrogens with two attached hydrogens (primary N) is 1. The molecular formula is C20H24N2O3S. The van der Waals surface area contributed by atoms with Gasteiger partial charge in [0.15, 0.2) is 0 Å². The molecule has 2 aromatic carbocycles. The minimum Gasteiger partial charge on any atom is -0.467 e. The zero-order valence-corrected chi connectivity index (χ0v) is 15.8. The van der Waals surface area contributed by atoms with Crippen molar-refractivity contribution in [2.24, 2.45) is 5.73 Å². The Morgan fingerprint density at radius 3 is 2.54 bits per heavy atom. The largest absolute Gasteiger partial charge is 0.467 e. The highest BCUT2D eigenvalue weighted by Gasteiger charge is 2.23. The van der Waals surface area contributed by atoms with E-state index in [4.69, 9.17) is 10.5 Å². The molecule has 0 aromatic heterocycles. The summed E-state index contributed by atoms with van der Waals surface area (Å²) in [5, 5.41) is 2.81. The number of benzene rings is 2. The van der Waals surface area contributed by atoms with Gasteiger partial charge in [-0.1, -0.05) is 36.4 Å². The lowest BCUT2D eigenvalue weighted by molar-refractivity contribution is -0.142. The molecule has 0 aliphatic heterocycles. The van der Waals surface area contributed by atoms with Crippen LogP contribution in [0.4, 0.5) is 0 Å². The Morgan fingerprint density at radius 1 is 1.19 bits per heavy atom. The maximum Gasteiger partial charge on any atom is 0.328 e. The van der Waals surface area contributed by atoms with E-state index >= 15 is 0 Å². The minimum atomic E-state index is -0.669. The van der Waals surface area contributed by atoms with Gasteiger partial charge in [0.1, 0.15) is 6.04 Å². The smallest absolute Gasteiger partial charge is 0.328 e. The first kappa shape index (κ1) is 20.0. The van der Waals surface area contributed by atoms with Crippen molar-refractivity contribution in [3.05, 3.63) is 59.7 Å². The van der Waals surface area contributed by atoms with Gasteiger partial charge in [0.25, 0.3) is 5.91 Å². The Labute approximate surface area is 158 Å². The van der Waals surface area contributed by atoms with E-state index < -0.39 is 12.0 Å². The predicted molar refractivity (Wildman–Crippen MR) is 106 cm³/mol. The molecule has 0 radical (unpaired) electrons. The first-order chi connectivity index (χ1) is 12.6. The Balaban J connectivity index is 2.34. The fourth-order valence-corrected chi connectivity index (χ4v) is 3.11. The van der Waals surface area contributed by atoms with E-state index in [0.717, 1.165) is 22.4 Å². The van der Waals surface area contributed by atoms with Crippen molar-refractivity contribution in [2.45, 2.75) is 19.0 Å². The van der Waals surface area contributed by atoms with Crippen molar-refractivity contribution < 1.29 is 14.3 Å². The molecule has 26 heavy (non-hydrogen) atoms. The van der Waals surface area contributed by atoms with Crippen molar-refractivity contribution >= 4 is 23.6 Å². The van der Waals surface area contributed by atoms with Gasteiger partial charge in [-0.25, -0.2) is 4.79 Å². The Morgan fingerprint density at radius 2 is 1.92 bits per heavy atom. The second-order valence-electron chi connectivity index (χ2n) is 5.78. The second kappa shape index (κ2) is 9.99. The van der Waals surface area contributed by atoms with E-state index in [1.807, 2.05) is 48.7 Å². The van der Waals surface area contributed by atoms with Crippen LogP contribution in [0.2, 0.25) is 0 Å². The average molecular weight is 372 g/mol. The van der Waals surface area contributed by atoms with Crippen LogP contribution in [0.15, 0.2) is 48.5 Å². The van der Waals surface area contributed by atoms with E-state index in [-0.39, 0.29) is 5.91 Å². The molecule has 2 aromatic rings. The van der Waals surface area contributed by atoms with Crippen LogP contribution in [0.5, 0.6) is 0 Å². The molecule has 0 spiro atoms. The molecule has 5 nitrogen and oxygen atoms in total. The molecule has 1 amide bonds. The zero-order chi connectivity index (χ0) is 18.9. The summed E-state index contributed by atoms with van der Waals surface area (Å²) in [5.74, 6) is 0.00806. The lowest BCUT2D eigenvalue weighted by Crippen LogP contribution is -2.42. The van der Waals surface area contributed by atoms with Crippen molar-refractivity contribution in [3.8, 4) is 11.1 Å². The van der Waals surface area contributed by atoms with Gasteiger partial charge >= 0.3 is 5.97 Å². The third-order valence-electron chi connectivity index (χ3n) is 4.05. The highest BCUT2D eigenvalue weighted by molar-refractivity contribution is 7.98. The number of ether oxygens (including phenoxy) is 1. The molecule has 3 N–H and O–H groups in total. The molecule has 1 unspecified atom stereocenters. The van der Waals surface area contributed by atoms with Crippen LogP contribution in [0.1, 0.15) is 22.3 Å². The van der Waals surface area contributed by atoms with E-state index in [9.17, 15) is 9.59 Å². The number of hydrogen-bond donors (Lipinski definition) is 2. The van der Waals surface area contributed by atoms with E-state index in [0.29, 0.717) is 18.5 Å². The molecule has 0 aliphatic carbocycles. The zero-order valence-electron chi connectivity index (χ0n) is 15.0. The number of thioether (sulfide) groups is 1. The summed E-state index contributed by atoms with van der Waals surface area (Å²) in [4.78, 5) is 24.9. The number of rotatable bonds is 8. The molecule has 0 saturated heterocycles. The van der Waals surface area contributed by atoms with Gasteiger partial charge in [0, 0.05) is 12.1 Å². The lowest BCUT2D eigenvalue weighted by atomic mass is 9.96. The Hall–Kier alpha value is -2.31. The number of nitrogens with one attached hydrogen (secondary N) is 1. The third kappa shape index (κ3) is 5.09. The van der Waals surface area contributed by atoms with Crippen LogP contribution in [0.3, 0.4) is 0 Å². The van der Waals surface area contributed by atoms with Crippen LogP contribution in [0, 0.1) is 0 Å². The van der Waals surface area contributed by atoms with Gasteiger partial charge in [-0.15, -0.1) is 0 Å². The number of carbonyl (C=O) groups is 2. The van der Waals surface area contributed by atoms with Crippen LogP contribution < -0.4 is 11.1 Å². The van der Waals surface area contributed by atoms with E-state index in [1.54, 1.807) is 17.8 Å². The first-order valence-electron chi connectivity index (χ1n) is 8.36. The third-order valence-corrected chi connectivity index (χ3v) is 4.69. The normalized spacial score (nSPS) is 11.7. The molecular weight excluding hydrogens is 348 g/mol. The van der Waals surface area contributed by atoms with Crippen LogP contribution in [-0.2, 0) is 16.1 Å². The van der Waals surface area contributed by atoms with Crippen molar-refractivity contribution in [1.29, 1.82) is 0 Å². The van der Waals surface area contributed by atoms with Crippen LogP contribution in [0.25, 0.3) is 11.1 Å². The summed E-state index contributed by atoms with van der Waals surface area (Å²) in [6.07, 6.45) is 2.47. The second-order valence-corrected chi connectivity index (χ2v) is 6.77. The summed E-state index contributed by atoms with van der Waals surface area (Å²) in [5.41, 5.74) is 8.91. The van der Waals surface area contributed by atoms with Gasteiger partial charge in [-0.2, -0.15) is 11.8 Å². The van der Waals surface area contributed by atoms with Crippen molar-refractivity contribution in [1.82, 2.24) is 5.32 Å². The fourth-order valence-electron chi connectivity index (χ4n) is 2.64. The summed E-state index contributed by atoms with van der Waals surface area (Å²) in [6, 6.07) is 14.5. The predicted octanol–water partition coefficient (Wildman–Crippen LogP) is 2.84. The highest BCUT2D eigenvalue weighted by atomic mass is 32.2. The molecule has 1 atom stereocenters. The average Bonchev–Trinajstić information content (AvgIpc) is 2.70. The maximum absolute atomic E-state index is 12.9. The molecule has 0 bridgehead atoms. The van der Waals surface area contributed by atoms with Crippen molar-refractivity contribution in [2.75, 3.05) is 19.1 Å². The molecule has 0 heterocycles. The highest BCUT2D eigenvalue weighted by Crippen LogP contribution is 2.25. The van der Waals surface area contributed by atoms with Gasteiger partial charge in [0.2, 0.25) is 0 Å². The van der Waals surface area contributed by atoms with Gasteiger partial charge in [-0.05, 0) is 47.3 Å². The Kier molecular flexibility index (Phi) is 7.69. The van der Waals surface area contributed by atoms with Crippen molar-refractivity contribution in [3.63, 3.8) is 0 Å². The van der Waals surface area contributed by atoms with Gasteiger partial charge in [0.05, 0.1) is 7.11 Å². The first-order valence-corrected chi connectivity index (χ1v) is 9.76. The molecule has 138 valence electrons. The van der Waals surface area contributed by atoms with E-state index in [1.165, 1.54) is 7.11 Å².